The second-order valence-corrected chi connectivity index (χ2v) is 4.34. The van der Waals surface area contributed by atoms with Gasteiger partial charge in [-0.2, -0.15) is 0 Å². The van der Waals surface area contributed by atoms with Gasteiger partial charge in [-0.25, -0.2) is 0 Å². The van der Waals surface area contributed by atoms with E-state index in [0.29, 0.717) is 5.92 Å². The van der Waals surface area contributed by atoms with Gasteiger partial charge >= 0.3 is 0 Å². The summed E-state index contributed by atoms with van der Waals surface area (Å²) in [5.74, 6) is 0.436. The minimum atomic E-state index is -0.0178. The van der Waals surface area contributed by atoms with Crippen LogP contribution in [0, 0.1) is 5.92 Å². The maximum Gasteiger partial charge on any atom is 0.246 e. The van der Waals surface area contributed by atoms with Crippen molar-refractivity contribution in [3.05, 3.63) is 0 Å². The predicted octanol–water partition coefficient (Wildman–Crippen LogP) is 0.809. The summed E-state index contributed by atoms with van der Waals surface area (Å²) in [4.78, 5) is 13.8. The maximum absolute atomic E-state index is 11.7. The molecule has 1 N–H and O–H groups in total. The Balaban J connectivity index is 2.60. The molecule has 4 nitrogen and oxygen atoms in total. The monoisotopic (exact) mass is 312 g/mol. The van der Waals surface area contributed by atoms with Gasteiger partial charge in [0.1, 0.15) is 0 Å². The molecule has 1 rings (SSSR count). The molecule has 0 aromatic rings. The molecule has 0 spiro atoms. The van der Waals surface area contributed by atoms with Crippen LogP contribution >= 0.6 is 22.9 Å². The van der Waals surface area contributed by atoms with Crippen molar-refractivity contribution >= 4 is 28.8 Å². The summed E-state index contributed by atoms with van der Waals surface area (Å²) in [6, 6.07) is -0.0178. The first-order valence-corrected chi connectivity index (χ1v) is 5.97. The number of ether oxygens (including phenoxy) is 1. The molecular formula is C9H17IN2O2. The topological polar surface area (TPSA) is 41.6 Å². The molecule has 1 heterocycles. The number of morpholine rings is 1. The van der Waals surface area contributed by atoms with E-state index in [1.54, 1.807) is 0 Å². The highest BCUT2D eigenvalue weighted by Gasteiger charge is 2.29. The summed E-state index contributed by atoms with van der Waals surface area (Å²) in [6.07, 6.45) is 0. The van der Waals surface area contributed by atoms with Crippen molar-refractivity contribution in [1.82, 2.24) is 8.43 Å². The van der Waals surface area contributed by atoms with Crippen molar-refractivity contribution in [2.24, 2.45) is 5.92 Å². The van der Waals surface area contributed by atoms with E-state index in [1.165, 1.54) is 0 Å². The standard InChI is InChI=1S/C9H17IN2O2/c1-7(2)8(9(13)11-10)12-3-5-14-6-4-12/h7-8H,3-6H2,1-2H3,(H,11,13)/t8-/m0/s1. The molecule has 14 heavy (non-hydrogen) atoms. The molecule has 0 saturated carbocycles. The predicted molar refractivity (Wildman–Crippen MR) is 63.2 cm³/mol. The minimum absolute atomic E-state index is 0.0178. The van der Waals surface area contributed by atoms with E-state index in [-0.39, 0.29) is 11.9 Å². The lowest BCUT2D eigenvalue weighted by Gasteiger charge is -2.35. The smallest absolute Gasteiger partial charge is 0.246 e. The van der Waals surface area contributed by atoms with E-state index >= 15 is 0 Å². The van der Waals surface area contributed by atoms with Crippen LogP contribution in [0.25, 0.3) is 0 Å². The Bertz CT molecular complexity index is 193. The van der Waals surface area contributed by atoms with Gasteiger partial charge in [0, 0.05) is 13.1 Å². The summed E-state index contributed by atoms with van der Waals surface area (Å²) in [6.45, 7) is 7.33. The van der Waals surface area contributed by atoms with Crippen LogP contribution in [0.3, 0.4) is 0 Å². The fourth-order valence-electron chi connectivity index (χ4n) is 1.80. The highest BCUT2D eigenvalue weighted by atomic mass is 127. The lowest BCUT2D eigenvalue weighted by atomic mass is 10.0. The fraction of sp³-hybridized carbons (Fsp3) is 0.889. The zero-order valence-corrected chi connectivity index (χ0v) is 10.8. The summed E-state index contributed by atoms with van der Waals surface area (Å²) >= 11 is 1.90. The van der Waals surface area contributed by atoms with Crippen LogP contribution in [0.15, 0.2) is 0 Å². The lowest BCUT2D eigenvalue weighted by Crippen LogP contribution is -2.52. The molecule has 0 unspecified atom stereocenters. The van der Waals surface area contributed by atoms with Crippen LogP contribution in [0.1, 0.15) is 13.8 Å². The first kappa shape index (κ1) is 12.2. The van der Waals surface area contributed by atoms with Gasteiger partial charge < -0.3 is 4.74 Å². The van der Waals surface area contributed by atoms with E-state index in [1.807, 2.05) is 22.9 Å². The Kier molecular flexibility index (Phi) is 5.11. The molecule has 1 fully saturated rings. The summed E-state index contributed by atoms with van der Waals surface area (Å²) < 4.78 is 7.96. The molecular weight excluding hydrogens is 295 g/mol. The second-order valence-electron chi connectivity index (χ2n) is 3.80. The first-order chi connectivity index (χ1) is 6.66. The van der Waals surface area contributed by atoms with Crippen molar-refractivity contribution in [2.45, 2.75) is 19.9 Å². The first-order valence-electron chi connectivity index (χ1n) is 4.89. The molecule has 0 aromatic carbocycles. The van der Waals surface area contributed by atoms with Crippen molar-refractivity contribution < 1.29 is 9.53 Å². The number of hydrogen-bond acceptors (Lipinski definition) is 3. The molecule has 1 amide bonds. The summed E-state index contributed by atoms with van der Waals surface area (Å²) in [7, 11) is 0. The molecule has 1 aliphatic heterocycles. The van der Waals surface area contributed by atoms with Crippen LogP contribution in [-0.4, -0.2) is 43.2 Å². The highest BCUT2D eigenvalue weighted by Crippen LogP contribution is 2.13. The van der Waals surface area contributed by atoms with Crippen LogP contribution in [0.4, 0.5) is 0 Å². The Morgan fingerprint density at radius 3 is 2.43 bits per heavy atom. The summed E-state index contributed by atoms with van der Waals surface area (Å²) in [5, 5.41) is 0. The number of carbonyl (C=O) groups excluding carboxylic acids is 1. The van der Waals surface area contributed by atoms with Gasteiger partial charge in [0.15, 0.2) is 0 Å². The largest absolute Gasteiger partial charge is 0.379 e. The van der Waals surface area contributed by atoms with E-state index in [0.717, 1.165) is 26.3 Å². The number of nitrogens with zero attached hydrogens (tertiary/aromatic N) is 1. The van der Waals surface area contributed by atoms with Crippen LogP contribution < -0.4 is 3.53 Å². The van der Waals surface area contributed by atoms with Gasteiger partial charge in [0.25, 0.3) is 0 Å². The molecule has 1 saturated heterocycles. The average Bonchev–Trinajstić information content (AvgIpc) is 2.19. The number of amides is 1. The van der Waals surface area contributed by atoms with E-state index in [4.69, 9.17) is 4.74 Å². The van der Waals surface area contributed by atoms with E-state index in [9.17, 15) is 4.79 Å². The molecule has 0 radical (unpaired) electrons. The molecule has 5 heteroatoms. The van der Waals surface area contributed by atoms with Gasteiger partial charge in [-0.1, -0.05) is 13.8 Å². The second kappa shape index (κ2) is 5.87. The number of nitrogens with one attached hydrogen (secondary N) is 1. The van der Waals surface area contributed by atoms with Crippen molar-refractivity contribution in [3.8, 4) is 0 Å². The SMILES string of the molecule is CC(C)[C@@H](C(=O)NI)N1CCOCC1. The van der Waals surface area contributed by atoms with Crippen molar-refractivity contribution in [3.63, 3.8) is 0 Å². The zero-order chi connectivity index (χ0) is 10.6. The molecule has 82 valence electrons. The van der Waals surface area contributed by atoms with Gasteiger partial charge in [-0.15, -0.1) is 0 Å². The highest BCUT2D eigenvalue weighted by molar-refractivity contribution is 14.1. The fourth-order valence-corrected chi connectivity index (χ4v) is 2.12. The van der Waals surface area contributed by atoms with Gasteiger partial charge in [-0.05, 0) is 5.92 Å². The Morgan fingerprint density at radius 1 is 1.43 bits per heavy atom. The van der Waals surface area contributed by atoms with E-state index in [2.05, 4.69) is 22.3 Å². The van der Waals surface area contributed by atoms with E-state index < -0.39 is 0 Å². The minimum Gasteiger partial charge on any atom is -0.379 e. The molecule has 1 aliphatic rings. The van der Waals surface area contributed by atoms with Crippen LogP contribution in [-0.2, 0) is 9.53 Å². The van der Waals surface area contributed by atoms with Gasteiger partial charge in [0.2, 0.25) is 5.91 Å². The summed E-state index contributed by atoms with van der Waals surface area (Å²) in [5.41, 5.74) is 0. The maximum atomic E-state index is 11.7. The third-order valence-corrected chi connectivity index (χ3v) is 2.96. The Morgan fingerprint density at radius 2 is 2.00 bits per heavy atom. The average molecular weight is 312 g/mol. The Hall–Kier alpha value is 0.120. The van der Waals surface area contributed by atoms with Crippen molar-refractivity contribution in [1.29, 1.82) is 0 Å². The normalized spacial score (nSPS) is 20.9. The van der Waals surface area contributed by atoms with Crippen LogP contribution in [0.2, 0.25) is 0 Å². The van der Waals surface area contributed by atoms with Gasteiger partial charge in [-0.3, -0.25) is 13.2 Å². The number of rotatable bonds is 3. The third kappa shape index (κ3) is 3.06. The number of hydrogen-bond donors (Lipinski definition) is 1. The number of halogens is 1. The molecule has 1 atom stereocenters. The molecule has 0 bridgehead atoms. The number of carbonyl (C=O) groups is 1. The quantitative estimate of drug-likeness (QED) is 0.619. The van der Waals surface area contributed by atoms with Crippen molar-refractivity contribution in [2.75, 3.05) is 26.3 Å². The molecule has 0 aliphatic carbocycles. The molecule has 0 aromatic heterocycles. The van der Waals surface area contributed by atoms with Gasteiger partial charge in [0.05, 0.1) is 42.1 Å². The lowest BCUT2D eigenvalue weighted by molar-refractivity contribution is -0.127. The third-order valence-electron chi connectivity index (χ3n) is 2.43. The zero-order valence-electron chi connectivity index (χ0n) is 8.62. The van der Waals surface area contributed by atoms with Crippen LogP contribution in [0.5, 0.6) is 0 Å². The Labute approximate surface area is 98.9 Å².